The Morgan fingerprint density at radius 2 is 2.12 bits per heavy atom. The van der Waals surface area contributed by atoms with Crippen LogP contribution in [0.5, 0.6) is 0 Å². The molecule has 1 saturated heterocycles. The largest absolute Gasteiger partial charge is 0.366 e. The summed E-state index contributed by atoms with van der Waals surface area (Å²) in [7, 11) is 0. The summed E-state index contributed by atoms with van der Waals surface area (Å²) < 4.78 is 0. The molecule has 0 saturated carbocycles. The van der Waals surface area contributed by atoms with Gasteiger partial charge in [0.1, 0.15) is 5.82 Å². The van der Waals surface area contributed by atoms with Gasteiger partial charge in [0, 0.05) is 25.3 Å². The van der Waals surface area contributed by atoms with E-state index in [0.717, 1.165) is 38.3 Å². The van der Waals surface area contributed by atoms with E-state index >= 15 is 0 Å². The second kappa shape index (κ2) is 5.89. The fourth-order valence-electron chi connectivity index (χ4n) is 2.11. The van der Waals surface area contributed by atoms with Crippen LogP contribution in [0.15, 0.2) is 12.3 Å². The highest BCUT2D eigenvalue weighted by Gasteiger charge is 2.18. The summed E-state index contributed by atoms with van der Waals surface area (Å²) in [5.41, 5.74) is 0. The SMILES string of the molecule is CCN1CCC(Nc2ncc(Cl)cc2Cl)CC1. The number of nitrogens with zero attached hydrogens (tertiary/aromatic N) is 2. The van der Waals surface area contributed by atoms with Gasteiger partial charge >= 0.3 is 0 Å². The zero-order valence-corrected chi connectivity index (χ0v) is 11.4. The van der Waals surface area contributed by atoms with Gasteiger partial charge in [-0.1, -0.05) is 30.1 Å². The van der Waals surface area contributed by atoms with Gasteiger partial charge < -0.3 is 10.2 Å². The molecule has 1 N–H and O–H groups in total. The maximum absolute atomic E-state index is 6.08. The lowest BCUT2D eigenvalue weighted by Gasteiger charge is -2.31. The number of aromatic nitrogens is 1. The van der Waals surface area contributed by atoms with E-state index in [1.165, 1.54) is 0 Å². The Kier molecular flexibility index (Phi) is 4.48. The molecule has 0 aromatic carbocycles. The number of rotatable bonds is 3. The standard InChI is InChI=1S/C12H17Cl2N3/c1-2-17-5-3-10(4-6-17)16-12-11(14)7-9(13)8-15-12/h7-8,10H,2-6H2,1H3,(H,15,16). The number of halogens is 2. The van der Waals surface area contributed by atoms with E-state index in [4.69, 9.17) is 23.2 Å². The van der Waals surface area contributed by atoms with Gasteiger partial charge in [0.25, 0.3) is 0 Å². The molecule has 2 rings (SSSR count). The predicted octanol–water partition coefficient (Wildman–Crippen LogP) is 3.28. The molecule has 5 heteroatoms. The minimum atomic E-state index is 0.462. The molecule has 0 spiro atoms. The van der Waals surface area contributed by atoms with Gasteiger partial charge in [0.05, 0.1) is 10.0 Å². The molecule has 0 radical (unpaired) electrons. The lowest BCUT2D eigenvalue weighted by atomic mass is 10.1. The van der Waals surface area contributed by atoms with E-state index < -0.39 is 0 Å². The van der Waals surface area contributed by atoms with Gasteiger partial charge in [-0.3, -0.25) is 0 Å². The molecular weight excluding hydrogens is 257 g/mol. The summed E-state index contributed by atoms with van der Waals surface area (Å²) in [6.45, 7) is 5.61. The summed E-state index contributed by atoms with van der Waals surface area (Å²) in [5.74, 6) is 0.742. The van der Waals surface area contributed by atoms with Gasteiger partial charge in [0.2, 0.25) is 0 Å². The molecule has 1 aromatic heterocycles. The minimum absolute atomic E-state index is 0.462. The van der Waals surface area contributed by atoms with Crippen LogP contribution in [0.3, 0.4) is 0 Å². The summed E-state index contributed by atoms with van der Waals surface area (Å²) in [4.78, 5) is 6.68. The van der Waals surface area contributed by atoms with Gasteiger partial charge in [0.15, 0.2) is 0 Å². The van der Waals surface area contributed by atoms with Crippen molar-refractivity contribution in [1.82, 2.24) is 9.88 Å². The number of hydrogen-bond acceptors (Lipinski definition) is 3. The molecule has 0 amide bonds. The minimum Gasteiger partial charge on any atom is -0.366 e. The molecule has 0 aliphatic carbocycles. The lowest BCUT2D eigenvalue weighted by molar-refractivity contribution is 0.229. The van der Waals surface area contributed by atoms with Crippen LogP contribution in [0.4, 0.5) is 5.82 Å². The normalized spacial score (nSPS) is 18.3. The molecule has 0 bridgehead atoms. The van der Waals surface area contributed by atoms with Crippen LogP contribution in [0.2, 0.25) is 10.0 Å². The Morgan fingerprint density at radius 1 is 1.41 bits per heavy atom. The number of hydrogen-bond donors (Lipinski definition) is 1. The van der Waals surface area contributed by atoms with Crippen molar-refractivity contribution in [3.8, 4) is 0 Å². The number of pyridine rings is 1. The number of nitrogens with one attached hydrogen (secondary N) is 1. The Bertz CT molecular complexity index is 376. The Hall–Kier alpha value is -0.510. The summed E-state index contributed by atoms with van der Waals surface area (Å²) >= 11 is 11.9. The third-order valence-corrected chi connectivity index (χ3v) is 3.68. The van der Waals surface area contributed by atoms with Crippen molar-refractivity contribution in [2.24, 2.45) is 0 Å². The van der Waals surface area contributed by atoms with Crippen molar-refractivity contribution in [2.45, 2.75) is 25.8 Å². The van der Waals surface area contributed by atoms with Crippen molar-refractivity contribution < 1.29 is 0 Å². The maximum atomic E-state index is 6.08. The average Bonchev–Trinajstić information content (AvgIpc) is 2.34. The van der Waals surface area contributed by atoms with E-state index in [-0.39, 0.29) is 0 Å². The fourth-order valence-corrected chi connectivity index (χ4v) is 2.54. The molecule has 17 heavy (non-hydrogen) atoms. The highest BCUT2D eigenvalue weighted by atomic mass is 35.5. The van der Waals surface area contributed by atoms with Crippen molar-refractivity contribution in [3.63, 3.8) is 0 Å². The third kappa shape index (κ3) is 3.47. The van der Waals surface area contributed by atoms with Gasteiger partial charge in [-0.15, -0.1) is 0 Å². The van der Waals surface area contributed by atoms with Crippen LogP contribution in [-0.2, 0) is 0 Å². The van der Waals surface area contributed by atoms with E-state index in [2.05, 4.69) is 22.1 Å². The zero-order chi connectivity index (χ0) is 12.3. The van der Waals surface area contributed by atoms with Gasteiger partial charge in [-0.25, -0.2) is 4.98 Å². The molecule has 1 aliphatic heterocycles. The smallest absolute Gasteiger partial charge is 0.145 e. The molecule has 0 atom stereocenters. The monoisotopic (exact) mass is 273 g/mol. The molecule has 3 nitrogen and oxygen atoms in total. The first-order chi connectivity index (χ1) is 8.19. The number of anilines is 1. The highest BCUT2D eigenvalue weighted by Crippen LogP contribution is 2.24. The van der Waals surface area contributed by atoms with Crippen LogP contribution in [0.25, 0.3) is 0 Å². The lowest BCUT2D eigenvalue weighted by Crippen LogP contribution is -2.39. The van der Waals surface area contributed by atoms with Crippen LogP contribution in [0.1, 0.15) is 19.8 Å². The summed E-state index contributed by atoms with van der Waals surface area (Å²) in [6.07, 6.45) is 3.89. The fraction of sp³-hybridized carbons (Fsp3) is 0.583. The quantitative estimate of drug-likeness (QED) is 0.916. The first-order valence-corrected chi connectivity index (χ1v) is 6.74. The molecule has 1 fully saturated rings. The van der Waals surface area contributed by atoms with E-state index in [1.54, 1.807) is 12.3 Å². The first kappa shape index (κ1) is 12.9. The zero-order valence-electron chi connectivity index (χ0n) is 9.92. The van der Waals surface area contributed by atoms with Crippen LogP contribution < -0.4 is 5.32 Å². The van der Waals surface area contributed by atoms with Crippen LogP contribution >= 0.6 is 23.2 Å². The van der Waals surface area contributed by atoms with E-state index in [9.17, 15) is 0 Å². The summed E-state index contributed by atoms with van der Waals surface area (Å²) in [6, 6.07) is 2.18. The number of likely N-dealkylation sites (tertiary alicyclic amines) is 1. The second-order valence-electron chi connectivity index (χ2n) is 4.34. The van der Waals surface area contributed by atoms with Crippen molar-refractivity contribution in [1.29, 1.82) is 0 Å². The molecule has 94 valence electrons. The molecule has 2 heterocycles. The summed E-state index contributed by atoms with van der Waals surface area (Å²) in [5, 5.41) is 4.56. The highest BCUT2D eigenvalue weighted by molar-refractivity contribution is 6.35. The van der Waals surface area contributed by atoms with Crippen molar-refractivity contribution >= 4 is 29.0 Å². The van der Waals surface area contributed by atoms with Crippen molar-refractivity contribution in [2.75, 3.05) is 25.0 Å². The Labute approximate surface area is 112 Å². The molecule has 1 aromatic rings. The maximum Gasteiger partial charge on any atom is 0.145 e. The third-order valence-electron chi connectivity index (χ3n) is 3.18. The molecular formula is C12H17Cl2N3. The van der Waals surface area contributed by atoms with Gasteiger partial charge in [-0.05, 0) is 25.5 Å². The Balaban J connectivity index is 1.93. The van der Waals surface area contributed by atoms with Crippen LogP contribution in [-0.4, -0.2) is 35.6 Å². The van der Waals surface area contributed by atoms with Gasteiger partial charge in [-0.2, -0.15) is 0 Å². The second-order valence-corrected chi connectivity index (χ2v) is 5.18. The predicted molar refractivity (Wildman–Crippen MR) is 73.0 cm³/mol. The Morgan fingerprint density at radius 3 is 2.71 bits per heavy atom. The van der Waals surface area contributed by atoms with E-state index in [0.29, 0.717) is 16.1 Å². The molecule has 1 aliphatic rings. The number of piperidine rings is 1. The van der Waals surface area contributed by atoms with Crippen molar-refractivity contribution in [3.05, 3.63) is 22.3 Å². The average molecular weight is 274 g/mol. The first-order valence-electron chi connectivity index (χ1n) is 5.99. The molecule has 0 unspecified atom stereocenters. The van der Waals surface area contributed by atoms with E-state index in [1.807, 2.05) is 0 Å². The van der Waals surface area contributed by atoms with Crippen LogP contribution in [0, 0.1) is 0 Å². The topological polar surface area (TPSA) is 28.2 Å².